The second-order valence-electron chi connectivity index (χ2n) is 3.57. The minimum Gasteiger partial charge on any atom is -0.396 e. The first-order valence-corrected chi connectivity index (χ1v) is 6.26. The third kappa shape index (κ3) is 2.41. The predicted molar refractivity (Wildman–Crippen MR) is 60.1 cm³/mol. The number of hydrogen-bond acceptors (Lipinski definition) is 4. The van der Waals surface area contributed by atoms with Crippen LogP contribution < -0.4 is 5.56 Å². The maximum absolute atomic E-state index is 11.7. The number of nitrogens with one attached hydrogen (secondary N) is 1. The molecule has 2 rings (SSSR count). The number of H-pyrrole nitrogens is 1. The standard InChI is InChI=1S/C10H14N2O2S/c13-4-1-2-9-11-8-6-15-5-3-7(8)10(14)12-9/h13H,1-6H2,(H,11,12,14). The first-order valence-electron chi connectivity index (χ1n) is 5.11. The molecule has 0 aromatic carbocycles. The quantitative estimate of drug-likeness (QED) is 0.787. The van der Waals surface area contributed by atoms with Crippen LogP contribution in [0.3, 0.4) is 0 Å². The molecule has 1 aromatic rings. The first-order chi connectivity index (χ1) is 7.31. The second kappa shape index (κ2) is 4.81. The lowest BCUT2D eigenvalue weighted by Gasteiger charge is -2.14. The van der Waals surface area contributed by atoms with Gasteiger partial charge in [0.05, 0.1) is 5.69 Å². The summed E-state index contributed by atoms with van der Waals surface area (Å²) in [5.41, 5.74) is 1.79. The number of thioether (sulfide) groups is 1. The van der Waals surface area contributed by atoms with Crippen molar-refractivity contribution < 1.29 is 5.11 Å². The van der Waals surface area contributed by atoms with Crippen molar-refractivity contribution in [3.05, 3.63) is 27.4 Å². The summed E-state index contributed by atoms with van der Waals surface area (Å²) >= 11 is 1.81. The van der Waals surface area contributed by atoms with Gasteiger partial charge in [-0.15, -0.1) is 0 Å². The zero-order chi connectivity index (χ0) is 10.7. The van der Waals surface area contributed by atoms with Crippen molar-refractivity contribution in [1.82, 2.24) is 9.97 Å². The average Bonchev–Trinajstić information content (AvgIpc) is 2.26. The van der Waals surface area contributed by atoms with Crippen LogP contribution in [0.15, 0.2) is 4.79 Å². The van der Waals surface area contributed by atoms with E-state index in [1.807, 2.05) is 11.8 Å². The van der Waals surface area contributed by atoms with E-state index in [4.69, 9.17) is 5.11 Å². The van der Waals surface area contributed by atoms with Gasteiger partial charge in [0.2, 0.25) is 0 Å². The summed E-state index contributed by atoms with van der Waals surface area (Å²) in [5, 5.41) is 8.71. The van der Waals surface area contributed by atoms with Crippen LogP contribution in [-0.4, -0.2) is 27.4 Å². The van der Waals surface area contributed by atoms with Gasteiger partial charge in [-0.25, -0.2) is 4.98 Å². The Hall–Kier alpha value is -0.810. The molecular formula is C10H14N2O2S. The minimum absolute atomic E-state index is 0.00763. The number of aromatic amines is 1. The Labute approximate surface area is 92.1 Å². The molecule has 4 nitrogen and oxygen atoms in total. The van der Waals surface area contributed by atoms with E-state index in [1.54, 1.807) is 0 Å². The van der Waals surface area contributed by atoms with E-state index in [1.165, 1.54) is 0 Å². The lowest BCUT2D eigenvalue weighted by molar-refractivity contribution is 0.287. The van der Waals surface area contributed by atoms with Crippen LogP contribution in [-0.2, 0) is 18.6 Å². The lowest BCUT2D eigenvalue weighted by Crippen LogP contribution is -2.23. The maximum Gasteiger partial charge on any atom is 0.254 e. The molecule has 1 aliphatic rings. The average molecular weight is 226 g/mol. The largest absolute Gasteiger partial charge is 0.396 e. The number of fused-ring (bicyclic) bond motifs is 1. The van der Waals surface area contributed by atoms with E-state index >= 15 is 0 Å². The molecular weight excluding hydrogens is 212 g/mol. The molecule has 0 aliphatic carbocycles. The van der Waals surface area contributed by atoms with Gasteiger partial charge in [0.15, 0.2) is 0 Å². The predicted octanol–water partition coefficient (Wildman–Crippen LogP) is 0.484. The van der Waals surface area contributed by atoms with E-state index in [-0.39, 0.29) is 12.2 Å². The van der Waals surface area contributed by atoms with Crippen LogP contribution in [0.5, 0.6) is 0 Å². The van der Waals surface area contributed by atoms with Crippen molar-refractivity contribution in [3.63, 3.8) is 0 Å². The van der Waals surface area contributed by atoms with E-state index in [9.17, 15) is 4.79 Å². The zero-order valence-corrected chi connectivity index (χ0v) is 9.27. The monoisotopic (exact) mass is 226 g/mol. The molecule has 82 valence electrons. The van der Waals surface area contributed by atoms with Crippen molar-refractivity contribution in [3.8, 4) is 0 Å². The fraction of sp³-hybridized carbons (Fsp3) is 0.600. The van der Waals surface area contributed by atoms with Crippen molar-refractivity contribution in [2.45, 2.75) is 25.0 Å². The van der Waals surface area contributed by atoms with E-state index in [0.29, 0.717) is 18.7 Å². The summed E-state index contributed by atoms with van der Waals surface area (Å²) in [7, 11) is 0. The lowest BCUT2D eigenvalue weighted by atomic mass is 10.1. The van der Waals surface area contributed by atoms with Crippen molar-refractivity contribution >= 4 is 11.8 Å². The SMILES string of the molecule is O=c1[nH]c(CCCO)nc2c1CCSC2. The number of nitrogens with zero attached hydrogens (tertiary/aromatic N) is 1. The number of aryl methyl sites for hydroxylation is 1. The van der Waals surface area contributed by atoms with Gasteiger partial charge in [0.1, 0.15) is 5.82 Å². The van der Waals surface area contributed by atoms with Gasteiger partial charge >= 0.3 is 0 Å². The van der Waals surface area contributed by atoms with Gasteiger partial charge in [-0.05, 0) is 18.6 Å². The fourth-order valence-corrected chi connectivity index (χ4v) is 2.61. The van der Waals surface area contributed by atoms with Gasteiger partial charge < -0.3 is 10.1 Å². The molecule has 0 radical (unpaired) electrons. The van der Waals surface area contributed by atoms with Crippen LogP contribution in [0, 0.1) is 0 Å². The molecule has 0 spiro atoms. The van der Waals surface area contributed by atoms with Crippen LogP contribution in [0.4, 0.5) is 0 Å². The van der Waals surface area contributed by atoms with Gasteiger partial charge in [-0.3, -0.25) is 4.79 Å². The van der Waals surface area contributed by atoms with Gasteiger partial charge in [-0.2, -0.15) is 11.8 Å². The van der Waals surface area contributed by atoms with Crippen LogP contribution >= 0.6 is 11.8 Å². The number of rotatable bonds is 3. The van der Waals surface area contributed by atoms with Gasteiger partial charge in [0.25, 0.3) is 5.56 Å². The molecule has 0 atom stereocenters. The molecule has 1 aromatic heterocycles. The Morgan fingerprint density at radius 1 is 1.53 bits per heavy atom. The highest BCUT2D eigenvalue weighted by Crippen LogP contribution is 2.20. The minimum atomic E-state index is 0.00763. The molecule has 0 bridgehead atoms. The molecule has 2 heterocycles. The Morgan fingerprint density at radius 2 is 2.40 bits per heavy atom. The molecule has 0 unspecified atom stereocenters. The summed E-state index contributed by atoms with van der Waals surface area (Å²) < 4.78 is 0. The second-order valence-corrected chi connectivity index (χ2v) is 4.67. The molecule has 15 heavy (non-hydrogen) atoms. The third-order valence-electron chi connectivity index (χ3n) is 2.46. The first kappa shape index (κ1) is 10.7. The van der Waals surface area contributed by atoms with Gasteiger partial charge in [0, 0.05) is 24.3 Å². The normalized spacial score (nSPS) is 15.0. The number of aliphatic hydroxyl groups is 1. The third-order valence-corrected chi connectivity index (χ3v) is 3.43. The molecule has 0 fully saturated rings. The Bertz CT molecular complexity index is 403. The van der Waals surface area contributed by atoms with Crippen molar-refractivity contribution in [2.75, 3.05) is 12.4 Å². The van der Waals surface area contributed by atoms with Crippen LogP contribution in [0.2, 0.25) is 0 Å². The Kier molecular flexibility index (Phi) is 3.43. The Balaban J connectivity index is 2.28. The highest BCUT2D eigenvalue weighted by atomic mass is 32.2. The zero-order valence-electron chi connectivity index (χ0n) is 8.45. The molecule has 5 heteroatoms. The van der Waals surface area contributed by atoms with Gasteiger partial charge in [-0.1, -0.05) is 0 Å². The molecule has 1 aliphatic heterocycles. The summed E-state index contributed by atoms with van der Waals surface area (Å²) in [4.78, 5) is 18.9. The molecule has 0 saturated heterocycles. The number of hydrogen-bond donors (Lipinski definition) is 2. The van der Waals surface area contributed by atoms with Crippen LogP contribution in [0.1, 0.15) is 23.5 Å². The van der Waals surface area contributed by atoms with E-state index in [2.05, 4.69) is 9.97 Å². The highest BCUT2D eigenvalue weighted by Gasteiger charge is 2.15. The smallest absolute Gasteiger partial charge is 0.254 e. The van der Waals surface area contributed by atoms with Crippen LogP contribution in [0.25, 0.3) is 0 Å². The highest BCUT2D eigenvalue weighted by molar-refractivity contribution is 7.98. The number of aromatic nitrogens is 2. The van der Waals surface area contributed by atoms with E-state index in [0.717, 1.165) is 29.2 Å². The summed E-state index contributed by atoms with van der Waals surface area (Å²) in [5.74, 6) is 2.55. The molecule has 0 saturated carbocycles. The van der Waals surface area contributed by atoms with Crippen molar-refractivity contribution in [2.24, 2.45) is 0 Å². The fourth-order valence-electron chi connectivity index (χ4n) is 1.68. The number of aliphatic hydroxyl groups excluding tert-OH is 1. The van der Waals surface area contributed by atoms with E-state index < -0.39 is 0 Å². The summed E-state index contributed by atoms with van der Waals surface area (Å²) in [6, 6.07) is 0. The summed E-state index contributed by atoms with van der Waals surface area (Å²) in [6.07, 6.45) is 2.11. The topological polar surface area (TPSA) is 66.0 Å². The molecule has 0 amide bonds. The van der Waals surface area contributed by atoms with Crippen molar-refractivity contribution in [1.29, 1.82) is 0 Å². The Morgan fingerprint density at radius 3 is 3.20 bits per heavy atom. The maximum atomic E-state index is 11.7. The summed E-state index contributed by atoms with van der Waals surface area (Å²) in [6.45, 7) is 0.134. The molecule has 2 N–H and O–H groups in total.